The van der Waals surface area contributed by atoms with E-state index in [0.717, 1.165) is 38.0 Å². The quantitative estimate of drug-likeness (QED) is 0.275. The minimum Gasteiger partial charge on any atom is -0.364 e. The monoisotopic (exact) mass is 817 g/mol. The molecule has 2 aromatic rings. The van der Waals surface area contributed by atoms with E-state index in [-0.39, 0.29) is 17.5 Å². The van der Waals surface area contributed by atoms with Gasteiger partial charge in [-0.1, -0.05) is 147 Å². The number of nitrogens with zero attached hydrogens (tertiary/aromatic N) is 3. The molecule has 2 aromatic carbocycles. The maximum absolute atomic E-state index is 2.92. The molecule has 308 valence electrons. The topological polar surface area (TPSA) is 9.72 Å². The fourth-order valence-electron chi connectivity index (χ4n) is 13.3. The molecule has 10 aliphatic rings. The smallest absolute Gasteiger partial charge is 0.0629 e. The fraction of sp³-hybridized carbons (Fsp3) is 0.368. The van der Waals surface area contributed by atoms with Crippen molar-refractivity contribution >= 4 is 28.7 Å². The third-order valence-electron chi connectivity index (χ3n) is 15.9. The van der Waals surface area contributed by atoms with Crippen LogP contribution in [0.2, 0.25) is 0 Å². The summed E-state index contributed by atoms with van der Waals surface area (Å²) in [7, 11) is 0. The van der Waals surface area contributed by atoms with Crippen LogP contribution in [0, 0.1) is 11.8 Å². The zero-order chi connectivity index (χ0) is 40.7. The molecule has 2 heterocycles. The van der Waals surface area contributed by atoms with Crippen LogP contribution in [0.5, 0.6) is 0 Å². The van der Waals surface area contributed by atoms with Gasteiger partial charge in [-0.2, -0.15) is 0 Å². The number of rotatable bonds is 7. The molecule has 0 bridgehead atoms. The SMILES string of the molecule is CC1(C)C2=C(C=CCC2)c2ccc3c(c21)C1C=CC=CC1N3C1=CCC(N(C2=CCC(N(C3=CC=CCC3)C3CCCC4C5C=CC=CC5SC43)C=C2)c2ccccc2)C=C1. The molecule has 0 amide bonds. The van der Waals surface area contributed by atoms with Crippen molar-refractivity contribution in [3.63, 3.8) is 0 Å². The summed E-state index contributed by atoms with van der Waals surface area (Å²) in [4.78, 5) is 8.19. The van der Waals surface area contributed by atoms with E-state index in [1.54, 1.807) is 22.4 Å². The fourth-order valence-corrected chi connectivity index (χ4v) is 15.3. The number of fused-ring (bicyclic) bond motifs is 9. The van der Waals surface area contributed by atoms with Crippen molar-refractivity contribution in [3.05, 3.63) is 197 Å². The number of thioether (sulfide) groups is 1. The average molecular weight is 818 g/mol. The van der Waals surface area contributed by atoms with Gasteiger partial charge in [-0.25, -0.2) is 0 Å². The highest BCUT2D eigenvalue weighted by molar-refractivity contribution is 8.01. The van der Waals surface area contributed by atoms with E-state index in [4.69, 9.17) is 0 Å². The largest absolute Gasteiger partial charge is 0.364 e. The molecule has 4 heteroatoms. The lowest BCUT2D eigenvalue weighted by Gasteiger charge is -2.48. The van der Waals surface area contributed by atoms with Crippen molar-refractivity contribution in [2.45, 2.75) is 118 Å². The van der Waals surface area contributed by atoms with Crippen LogP contribution in [0.4, 0.5) is 11.4 Å². The molecule has 9 unspecified atom stereocenters. The molecule has 8 aliphatic carbocycles. The molecule has 3 nitrogen and oxygen atoms in total. The van der Waals surface area contributed by atoms with Crippen LogP contribution in [-0.4, -0.2) is 39.6 Å². The highest BCUT2D eigenvalue weighted by Crippen LogP contribution is 2.59. The Bertz CT molecular complexity index is 2500. The van der Waals surface area contributed by atoms with Crippen molar-refractivity contribution in [1.82, 2.24) is 4.90 Å². The van der Waals surface area contributed by atoms with Gasteiger partial charge < -0.3 is 14.7 Å². The summed E-state index contributed by atoms with van der Waals surface area (Å²) < 4.78 is 0. The van der Waals surface area contributed by atoms with Gasteiger partial charge in [0.2, 0.25) is 0 Å². The molecule has 2 fully saturated rings. The number of benzene rings is 2. The molecule has 9 atom stereocenters. The van der Waals surface area contributed by atoms with E-state index >= 15 is 0 Å². The summed E-state index contributed by atoms with van der Waals surface area (Å²) in [6, 6.07) is 17.5. The summed E-state index contributed by atoms with van der Waals surface area (Å²) in [6.45, 7) is 4.96. The van der Waals surface area contributed by atoms with Crippen LogP contribution in [-0.2, 0) is 5.41 Å². The standard InChI is InChI=1S/C57H59N3S/c1-57(2)49-24-12-9-20-44(49)46-36-37-51-54(55(46)57)48-22-10-13-25-50(48)60(51)43-34-30-41(31-35-43)58(38-16-5-3-6-17-38)40-28-32-42(33-29-40)59(39-18-7-4-8-19-39)52-26-15-23-47-45-21-11-14-27-53(45)61-56(47)52/h3-7,9-11,13-14,16-18,20-22,25,27-30,32,34-37,41-42,45,47-48,50,52-53,56H,8,12,15,19,23-24,26,31,33H2,1-2H3. The van der Waals surface area contributed by atoms with Gasteiger partial charge in [0.25, 0.3) is 0 Å². The Morgan fingerprint density at radius 3 is 2.43 bits per heavy atom. The van der Waals surface area contributed by atoms with Gasteiger partial charge in [-0.05, 0) is 122 Å². The van der Waals surface area contributed by atoms with E-state index in [1.165, 1.54) is 59.6 Å². The predicted octanol–water partition coefficient (Wildman–Crippen LogP) is 13.3. The van der Waals surface area contributed by atoms with Crippen LogP contribution < -0.4 is 9.80 Å². The highest BCUT2D eigenvalue weighted by atomic mass is 32.2. The molecule has 0 N–H and O–H groups in total. The minimum atomic E-state index is 0.0398. The second-order valence-corrected chi connectivity index (χ2v) is 20.8. The zero-order valence-electron chi connectivity index (χ0n) is 35.8. The summed E-state index contributed by atoms with van der Waals surface area (Å²) in [5.41, 5.74) is 14.6. The Morgan fingerprint density at radius 2 is 1.59 bits per heavy atom. The van der Waals surface area contributed by atoms with E-state index in [2.05, 4.69) is 198 Å². The molecular weight excluding hydrogens is 759 g/mol. The third-order valence-corrected chi connectivity index (χ3v) is 17.7. The number of para-hydroxylation sites is 1. The molecule has 2 aliphatic heterocycles. The van der Waals surface area contributed by atoms with Crippen LogP contribution in [0.15, 0.2) is 181 Å². The van der Waals surface area contributed by atoms with Crippen molar-refractivity contribution < 1.29 is 0 Å². The second-order valence-electron chi connectivity index (χ2n) is 19.4. The van der Waals surface area contributed by atoms with Crippen LogP contribution in [0.3, 0.4) is 0 Å². The lowest BCUT2D eigenvalue weighted by molar-refractivity contribution is 0.136. The van der Waals surface area contributed by atoms with E-state index in [0.29, 0.717) is 34.4 Å². The lowest BCUT2D eigenvalue weighted by atomic mass is 9.74. The first-order valence-electron chi connectivity index (χ1n) is 23.5. The van der Waals surface area contributed by atoms with Gasteiger partial charge >= 0.3 is 0 Å². The zero-order valence-corrected chi connectivity index (χ0v) is 36.6. The van der Waals surface area contributed by atoms with Gasteiger partial charge in [0.05, 0.1) is 18.1 Å². The van der Waals surface area contributed by atoms with Gasteiger partial charge in [0.1, 0.15) is 0 Å². The molecule has 0 radical (unpaired) electrons. The summed E-state index contributed by atoms with van der Waals surface area (Å²) in [6.07, 6.45) is 56.6. The van der Waals surface area contributed by atoms with Crippen molar-refractivity contribution in [3.8, 4) is 0 Å². The predicted molar refractivity (Wildman–Crippen MR) is 259 cm³/mol. The minimum absolute atomic E-state index is 0.0398. The molecule has 1 saturated heterocycles. The van der Waals surface area contributed by atoms with Crippen LogP contribution >= 0.6 is 11.8 Å². The summed E-state index contributed by atoms with van der Waals surface area (Å²) in [5.74, 6) is 1.82. The van der Waals surface area contributed by atoms with Crippen molar-refractivity contribution in [2.75, 3.05) is 9.80 Å². The normalized spacial score (nSPS) is 33.0. The van der Waals surface area contributed by atoms with E-state index in [9.17, 15) is 0 Å². The lowest BCUT2D eigenvalue weighted by Crippen LogP contribution is -2.50. The molecule has 0 spiro atoms. The molecule has 61 heavy (non-hydrogen) atoms. The number of hydrogen-bond donors (Lipinski definition) is 0. The Morgan fingerprint density at radius 1 is 0.754 bits per heavy atom. The average Bonchev–Trinajstić information content (AvgIpc) is 3.94. The maximum Gasteiger partial charge on any atom is 0.0629 e. The van der Waals surface area contributed by atoms with Gasteiger partial charge in [0.15, 0.2) is 0 Å². The summed E-state index contributed by atoms with van der Waals surface area (Å²) in [5, 5.41) is 1.32. The van der Waals surface area contributed by atoms with Crippen molar-refractivity contribution in [2.24, 2.45) is 11.8 Å². The first-order valence-corrected chi connectivity index (χ1v) is 24.5. The first kappa shape index (κ1) is 37.8. The molecule has 1 saturated carbocycles. The third kappa shape index (κ3) is 6.13. The van der Waals surface area contributed by atoms with Crippen LogP contribution in [0.1, 0.15) is 94.2 Å². The second kappa shape index (κ2) is 15.2. The molecule has 12 rings (SSSR count). The van der Waals surface area contributed by atoms with Gasteiger partial charge in [-0.15, -0.1) is 11.8 Å². The summed E-state index contributed by atoms with van der Waals surface area (Å²) >= 11 is 2.28. The number of hydrogen-bond acceptors (Lipinski definition) is 4. The highest BCUT2D eigenvalue weighted by Gasteiger charge is 2.50. The Hall–Kier alpha value is -4.93. The Balaban J connectivity index is 0.835. The van der Waals surface area contributed by atoms with Gasteiger partial charge in [-0.3, -0.25) is 0 Å². The first-order chi connectivity index (χ1) is 30.0. The van der Waals surface area contributed by atoms with E-state index < -0.39 is 0 Å². The maximum atomic E-state index is 2.92. The number of anilines is 2. The van der Waals surface area contributed by atoms with Gasteiger partial charge in [0, 0.05) is 56.3 Å². The molecular formula is C57H59N3S. The Kier molecular flexibility index (Phi) is 9.39. The number of allylic oxidation sites excluding steroid dienone is 15. The van der Waals surface area contributed by atoms with Crippen LogP contribution in [0.25, 0.3) is 5.57 Å². The Labute approximate surface area is 368 Å². The van der Waals surface area contributed by atoms with E-state index in [1.807, 2.05) is 0 Å². The van der Waals surface area contributed by atoms with Crippen molar-refractivity contribution in [1.29, 1.82) is 0 Å². The molecule has 0 aromatic heterocycles.